The van der Waals surface area contributed by atoms with Crippen LogP contribution in [0.5, 0.6) is 5.75 Å². The largest absolute Gasteiger partial charge is 0.484 e. The number of nitrogens with one attached hydrogen (secondary N) is 1. The number of rotatable bonds is 8. The van der Waals surface area contributed by atoms with Gasteiger partial charge in [-0.15, -0.1) is 0 Å². The molecule has 5 heteroatoms. The van der Waals surface area contributed by atoms with Crippen molar-refractivity contribution in [2.75, 3.05) is 13.7 Å². The van der Waals surface area contributed by atoms with Crippen molar-refractivity contribution in [3.63, 3.8) is 0 Å². The van der Waals surface area contributed by atoms with Gasteiger partial charge in [-0.1, -0.05) is 55.0 Å². The Morgan fingerprint density at radius 3 is 2.33 bits per heavy atom. The molecule has 0 spiro atoms. The van der Waals surface area contributed by atoms with E-state index in [0.717, 1.165) is 16.7 Å². The second-order valence-electron chi connectivity index (χ2n) is 6.60. The topological polar surface area (TPSA) is 58.6 Å². The van der Waals surface area contributed by atoms with Crippen molar-refractivity contribution >= 4 is 11.8 Å². The Hall–Kier alpha value is -2.82. The van der Waals surface area contributed by atoms with Gasteiger partial charge in [-0.25, -0.2) is 0 Å². The first-order valence-electron chi connectivity index (χ1n) is 9.21. The molecule has 0 aromatic heterocycles. The monoisotopic (exact) mass is 368 g/mol. The molecule has 144 valence electrons. The summed E-state index contributed by atoms with van der Waals surface area (Å²) in [6, 6.07) is 15.0. The molecule has 0 bridgehead atoms. The fraction of sp³-hybridized carbons (Fsp3) is 0.364. The van der Waals surface area contributed by atoms with E-state index >= 15 is 0 Å². The first-order valence-corrected chi connectivity index (χ1v) is 9.21. The lowest BCUT2D eigenvalue weighted by Gasteiger charge is -2.30. The molecular formula is C22H28N2O3. The Bertz CT molecular complexity index is 771. The number of aryl methyl sites for hydroxylation is 2. The number of amides is 2. The highest BCUT2D eigenvalue weighted by atomic mass is 16.5. The predicted octanol–water partition coefficient (Wildman–Crippen LogP) is 3.24. The molecule has 0 saturated carbocycles. The number of hydrogen-bond donors (Lipinski definition) is 1. The van der Waals surface area contributed by atoms with E-state index in [0.29, 0.717) is 18.7 Å². The van der Waals surface area contributed by atoms with Crippen LogP contribution in [0, 0.1) is 13.8 Å². The minimum atomic E-state index is -0.538. The van der Waals surface area contributed by atoms with Crippen LogP contribution in [0.3, 0.4) is 0 Å². The number of carbonyl (C=O) groups excluding carboxylic acids is 2. The molecule has 1 unspecified atom stereocenters. The van der Waals surface area contributed by atoms with Crippen LogP contribution < -0.4 is 10.1 Å². The van der Waals surface area contributed by atoms with Crippen LogP contribution >= 0.6 is 0 Å². The lowest BCUT2D eigenvalue weighted by atomic mass is 10.1. The molecule has 1 N–H and O–H groups in total. The SMILES string of the molecule is CCC(C(=O)NC)N(Cc1ccc(C)cc1)C(=O)COc1ccccc1C. The summed E-state index contributed by atoms with van der Waals surface area (Å²) in [4.78, 5) is 26.9. The molecule has 2 rings (SSSR count). The molecule has 0 aliphatic carbocycles. The Balaban J connectivity index is 2.19. The van der Waals surface area contributed by atoms with Crippen molar-refractivity contribution in [1.29, 1.82) is 0 Å². The molecule has 2 aromatic rings. The zero-order chi connectivity index (χ0) is 19.8. The molecule has 2 amide bonds. The summed E-state index contributed by atoms with van der Waals surface area (Å²) >= 11 is 0. The van der Waals surface area contributed by atoms with Crippen molar-refractivity contribution in [2.45, 2.75) is 39.8 Å². The number of benzene rings is 2. The van der Waals surface area contributed by atoms with Crippen LogP contribution in [-0.2, 0) is 16.1 Å². The summed E-state index contributed by atoms with van der Waals surface area (Å²) in [5.41, 5.74) is 3.10. The first kappa shape index (κ1) is 20.5. The quantitative estimate of drug-likeness (QED) is 0.778. The Morgan fingerprint density at radius 1 is 1.07 bits per heavy atom. The number of ether oxygens (including phenoxy) is 1. The van der Waals surface area contributed by atoms with Gasteiger partial charge >= 0.3 is 0 Å². The van der Waals surface area contributed by atoms with E-state index < -0.39 is 6.04 Å². The molecule has 5 nitrogen and oxygen atoms in total. The molecular weight excluding hydrogens is 340 g/mol. The second kappa shape index (κ2) is 9.76. The minimum Gasteiger partial charge on any atom is -0.484 e. The third-order valence-electron chi connectivity index (χ3n) is 4.55. The van der Waals surface area contributed by atoms with Gasteiger partial charge in [0.1, 0.15) is 11.8 Å². The van der Waals surface area contributed by atoms with Gasteiger partial charge in [-0.2, -0.15) is 0 Å². The molecule has 0 saturated heterocycles. The molecule has 0 aliphatic heterocycles. The lowest BCUT2D eigenvalue weighted by molar-refractivity contribution is -0.142. The van der Waals surface area contributed by atoms with E-state index in [9.17, 15) is 9.59 Å². The van der Waals surface area contributed by atoms with Gasteiger partial charge in [0.05, 0.1) is 0 Å². The summed E-state index contributed by atoms with van der Waals surface area (Å²) in [5, 5.41) is 2.66. The number of hydrogen-bond acceptors (Lipinski definition) is 3. The van der Waals surface area contributed by atoms with Gasteiger partial charge in [-0.05, 0) is 37.5 Å². The standard InChI is InChI=1S/C22H28N2O3/c1-5-19(22(26)23-4)24(14-18-12-10-16(2)11-13-18)21(25)15-27-20-9-7-6-8-17(20)3/h6-13,19H,5,14-15H2,1-4H3,(H,23,26). The van der Waals surface area contributed by atoms with Crippen LogP contribution in [0.4, 0.5) is 0 Å². The van der Waals surface area contributed by atoms with Crippen molar-refractivity contribution in [2.24, 2.45) is 0 Å². The normalized spacial score (nSPS) is 11.6. The molecule has 27 heavy (non-hydrogen) atoms. The average molecular weight is 368 g/mol. The molecule has 1 atom stereocenters. The lowest BCUT2D eigenvalue weighted by Crippen LogP contribution is -2.49. The first-order chi connectivity index (χ1) is 13.0. The van der Waals surface area contributed by atoms with Crippen LogP contribution in [0.1, 0.15) is 30.0 Å². The van der Waals surface area contributed by atoms with Crippen LogP contribution in [0.15, 0.2) is 48.5 Å². The Labute approximate surface area is 161 Å². The molecule has 0 aliphatic rings. The zero-order valence-electron chi connectivity index (χ0n) is 16.5. The Kier molecular flexibility index (Phi) is 7.41. The van der Waals surface area contributed by atoms with Gasteiger partial charge in [0, 0.05) is 13.6 Å². The summed E-state index contributed by atoms with van der Waals surface area (Å²) in [5.74, 6) is 0.289. The number of likely N-dealkylation sites (N-methyl/N-ethyl adjacent to an activating group) is 1. The fourth-order valence-corrected chi connectivity index (χ4v) is 2.92. The second-order valence-corrected chi connectivity index (χ2v) is 6.60. The summed E-state index contributed by atoms with van der Waals surface area (Å²) in [7, 11) is 1.59. The van der Waals surface area contributed by atoms with Crippen LogP contribution in [0.25, 0.3) is 0 Å². The van der Waals surface area contributed by atoms with Crippen molar-refractivity contribution in [1.82, 2.24) is 10.2 Å². The third kappa shape index (κ3) is 5.58. The molecule has 0 fully saturated rings. The van der Waals surface area contributed by atoms with Crippen LogP contribution in [0.2, 0.25) is 0 Å². The van der Waals surface area contributed by atoms with E-state index in [-0.39, 0.29) is 18.4 Å². The van der Waals surface area contributed by atoms with E-state index in [1.807, 2.05) is 69.3 Å². The highest BCUT2D eigenvalue weighted by molar-refractivity contribution is 5.88. The van der Waals surface area contributed by atoms with Crippen molar-refractivity contribution in [3.8, 4) is 5.75 Å². The summed E-state index contributed by atoms with van der Waals surface area (Å²) in [6.45, 7) is 6.11. The van der Waals surface area contributed by atoms with Crippen LogP contribution in [-0.4, -0.2) is 36.4 Å². The maximum absolute atomic E-state index is 12.9. The van der Waals surface area contributed by atoms with Gasteiger partial charge in [0.25, 0.3) is 5.91 Å². The van der Waals surface area contributed by atoms with Gasteiger partial charge in [0.15, 0.2) is 6.61 Å². The highest BCUT2D eigenvalue weighted by Gasteiger charge is 2.28. The van der Waals surface area contributed by atoms with Crippen molar-refractivity contribution in [3.05, 3.63) is 65.2 Å². The summed E-state index contributed by atoms with van der Waals surface area (Å²) < 4.78 is 5.72. The highest BCUT2D eigenvalue weighted by Crippen LogP contribution is 2.18. The fourth-order valence-electron chi connectivity index (χ4n) is 2.92. The average Bonchev–Trinajstić information content (AvgIpc) is 2.68. The van der Waals surface area contributed by atoms with Gasteiger partial charge < -0.3 is 15.0 Å². The number of carbonyl (C=O) groups is 2. The number of nitrogens with zero attached hydrogens (tertiary/aromatic N) is 1. The zero-order valence-corrected chi connectivity index (χ0v) is 16.5. The minimum absolute atomic E-state index is 0.107. The molecule has 0 heterocycles. The van der Waals surface area contributed by atoms with E-state index in [1.165, 1.54) is 0 Å². The van der Waals surface area contributed by atoms with E-state index in [2.05, 4.69) is 5.32 Å². The maximum Gasteiger partial charge on any atom is 0.261 e. The third-order valence-corrected chi connectivity index (χ3v) is 4.55. The van der Waals surface area contributed by atoms with Gasteiger partial charge in [-0.3, -0.25) is 9.59 Å². The van der Waals surface area contributed by atoms with E-state index in [1.54, 1.807) is 11.9 Å². The predicted molar refractivity (Wildman–Crippen MR) is 107 cm³/mol. The van der Waals surface area contributed by atoms with Gasteiger partial charge in [0.2, 0.25) is 5.91 Å². The molecule has 0 radical (unpaired) electrons. The smallest absolute Gasteiger partial charge is 0.261 e. The summed E-state index contributed by atoms with van der Waals surface area (Å²) in [6.07, 6.45) is 0.529. The maximum atomic E-state index is 12.9. The van der Waals surface area contributed by atoms with Crippen molar-refractivity contribution < 1.29 is 14.3 Å². The van der Waals surface area contributed by atoms with E-state index in [4.69, 9.17) is 4.74 Å². The molecule has 2 aromatic carbocycles. The number of para-hydroxylation sites is 1. The Morgan fingerprint density at radius 2 is 1.74 bits per heavy atom.